The molecule has 7 aromatic carbocycles. The van der Waals surface area contributed by atoms with Crippen molar-refractivity contribution in [2.45, 2.75) is 0 Å². The largest absolute Gasteiger partial charge is 0.307 e. The van der Waals surface area contributed by atoms with Gasteiger partial charge in [0.2, 0.25) is 5.95 Å². The predicted octanol–water partition coefficient (Wildman–Crippen LogP) is 10.6. The first-order chi connectivity index (χ1) is 24.8. The Balaban J connectivity index is 1.35. The van der Waals surface area contributed by atoms with E-state index in [1.165, 1.54) is 59.6 Å². The molecule has 0 aliphatic rings. The SMILES string of the molecule is c1ccc(-c2nc(-n3c4ccccc4c4c3c3ccccc3c3c5cccc6c7cc8ccccc8cc7n(c65)c34)nc3nccnc23)cc1. The molecule has 12 rings (SSSR count). The first-order valence-corrected chi connectivity index (χ1v) is 16.8. The first kappa shape index (κ1) is 26.1. The van der Waals surface area contributed by atoms with Crippen LogP contribution in [0.5, 0.6) is 0 Å². The van der Waals surface area contributed by atoms with Crippen LogP contribution in [0.2, 0.25) is 0 Å². The molecule has 0 aliphatic carbocycles. The minimum absolute atomic E-state index is 0.560. The van der Waals surface area contributed by atoms with Gasteiger partial charge in [-0.3, -0.25) is 4.57 Å². The number of rotatable bonds is 2. The van der Waals surface area contributed by atoms with Crippen LogP contribution < -0.4 is 0 Å². The van der Waals surface area contributed by atoms with Gasteiger partial charge in [0.1, 0.15) is 11.2 Å². The lowest BCUT2D eigenvalue weighted by Crippen LogP contribution is -2.05. The molecule has 0 unspecified atom stereocenters. The Morgan fingerprint density at radius 1 is 0.440 bits per heavy atom. The third-order valence-electron chi connectivity index (χ3n) is 10.5. The summed E-state index contributed by atoms with van der Waals surface area (Å²) in [5.74, 6) is 0.567. The molecule has 5 heterocycles. The third-order valence-corrected chi connectivity index (χ3v) is 10.5. The van der Waals surface area contributed by atoms with E-state index >= 15 is 0 Å². The first-order valence-electron chi connectivity index (χ1n) is 16.8. The molecule has 50 heavy (non-hydrogen) atoms. The topological polar surface area (TPSA) is 60.9 Å². The van der Waals surface area contributed by atoms with Crippen LogP contribution in [-0.2, 0) is 0 Å². The van der Waals surface area contributed by atoms with Gasteiger partial charge in [-0.2, -0.15) is 4.98 Å². The minimum atomic E-state index is 0.560. The summed E-state index contributed by atoms with van der Waals surface area (Å²) in [4.78, 5) is 19.8. The van der Waals surface area contributed by atoms with Crippen molar-refractivity contribution >= 4 is 92.6 Å². The van der Waals surface area contributed by atoms with E-state index in [2.05, 4.69) is 124 Å². The molecule has 0 spiro atoms. The number of aromatic nitrogens is 6. The Bertz CT molecular complexity index is 3370. The molecule has 6 nitrogen and oxygen atoms in total. The van der Waals surface area contributed by atoms with Crippen LogP contribution >= 0.6 is 0 Å². The van der Waals surface area contributed by atoms with E-state index in [1.807, 2.05) is 18.2 Å². The summed E-state index contributed by atoms with van der Waals surface area (Å²) in [5.41, 5.74) is 8.75. The molecule has 12 aromatic rings. The summed E-state index contributed by atoms with van der Waals surface area (Å²) < 4.78 is 4.77. The van der Waals surface area contributed by atoms with Gasteiger partial charge in [0, 0.05) is 55.7 Å². The zero-order valence-electron chi connectivity index (χ0n) is 26.5. The lowest BCUT2D eigenvalue weighted by molar-refractivity contribution is 1.00. The van der Waals surface area contributed by atoms with Gasteiger partial charge < -0.3 is 4.40 Å². The van der Waals surface area contributed by atoms with E-state index in [9.17, 15) is 0 Å². The van der Waals surface area contributed by atoms with Crippen LogP contribution in [0.15, 0.2) is 146 Å². The monoisotopic (exact) mass is 636 g/mol. The van der Waals surface area contributed by atoms with Gasteiger partial charge >= 0.3 is 0 Å². The Hall–Kier alpha value is -6.92. The van der Waals surface area contributed by atoms with Crippen molar-refractivity contribution < 1.29 is 0 Å². The molecular weight excluding hydrogens is 613 g/mol. The number of para-hydroxylation sites is 2. The number of benzene rings is 7. The van der Waals surface area contributed by atoms with Gasteiger partial charge in [0.05, 0.1) is 27.6 Å². The standard InChI is InChI=1S/C44H24N6/c1-2-11-25(12-3-1)38-39-43(46-22-21-45-39)48-44(47-38)50-34-20-9-8-17-31(34)37-41(50)29-16-7-6-15-28(29)36-32-19-10-18-30-33-23-26-13-4-5-14-27(26)24-35(33)49(40(30)32)42(36)37/h1-24H. The van der Waals surface area contributed by atoms with Gasteiger partial charge in [-0.05, 0) is 34.4 Å². The average Bonchev–Trinajstić information content (AvgIpc) is 3.82. The van der Waals surface area contributed by atoms with Gasteiger partial charge in [-0.25, -0.2) is 15.0 Å². The fourth-order valence-electron chi connectivity index (χ4n) is 8.53. The van der Waals surface area contributed by atoms with Crippen molar-refractivity contribution in [1.82, 2.24) is 28.9 Å². The Labute approximate surface area is 283 Å². The average molecular weight is 637 g/mol. The third kappa shape index (κ3) is 3.22. The molecule has 230 valence electrons. The van der Waals surface area contributed by atoms with E-state index in [1.54, 1.807) is 12.4 Å². The van der Waals surface area contributed by atoms with Crippen molar-refractivity contribution in [2.75, 3.05) is 0 Å². The Kier molecular flexibility index (Phi) is 4.89. The predicted molar refractivity (Wildman–Crippen MR) is 205 cm³/mol. The van der Waals surface area contributed by atoms with Crippen LogP contribution in [0.25, 0.3) is 110 Å². The molecule has 6 heteroatoms. The van der Waals surface area contributed by atoms with E-state index in [0.29, 0.717) is 17.1 Å². The summed E-state index contributed by atoms with van der Waals surface area (Å²) in [6, 6.07) is 47.8. The van der Waals surface area contributed by atoms with E-state index < -0.39 is 0 Å². The molecule has 0 fully saturated rings. The highest BCUT2D eigenvalue weighted by Crippen LogP contribution is 2.48. The second-order valence-electron chi connectivity index (χ2n) is 13.1. The van der Waals surface area contributed by atoms with Crippen LogP contribution in [0.1, 0.15) is 0 Å². The molecule has 0 atom stereocenters. The van der Waals surface area contributed by atoms with Crippen molar-refractivity contribution in [1.29, 1.82) is 0 Å². The quantitative estimate of drug-likeness (QED) is 0.189. The van der Waals surface area contributed by atoms with Crippen molar-refractivity contribution in [3.8, 4) is 17.2 Å². The molecule has 0 aliphatic heterocycles. The maximum atomic E-state index is 5.31. The minimum Gasteiger partial charge on any atom is -0.307 e. The fraction of sp³-hybridized carbons (Fsp3) is 0. The van der Waals surface area contributed by atoms with E-state index in [4.69, 9.17) is 19.9 Å². The highest BCUT2D eigenvalue weighted by molar-refractivity contribution is 6.39. The van der Waals surface area contributed by atoms with Gasteiger partial charge in [0.25, 0.3) is 0 Å². The molecule has 0 saturated heterocycles. The van der Waals surface area contributed by atoms with Crippen LogP contribution in [0.3, 0.4) is 0 Å². The lowest BCUT2D eigenvalue weighted by atomic mass is 9.98. The molecule has 5 aromatic heterocycles. The smallest absolute Gasteiger partial charge is 0.237 e. The number of nitrogens with zero attached hydrogens (tertiary/aromatic N) is 6. The normalized spacial score (nSPS) is 12.4. The van der Waals surface area contributed by atoms with Gasteiger partial charge in [0.15, 0.2) is 5.65 Å². The van der Waals surface area contributed by atoms with Gasteiger partial charge in [-0.1, -0.05) is 115 Å². The maximum Gasteiger partial charge on any atom is 0.237 e. The lowest BCUT2D eigenvalue weighted by Gasteiger charge is -2.12. The summed E-state index contributed by atoms with van der Waals surface area (Å²) in [7, 11) is 0. The Morgan fingerprint density at radius 2 is 1.12 bits per heavy atom. The van der Waals surface area contributed by atoms with Crippen LogP contribution in [0, 0.1) is 0 Å². The van der Waals surface area contributed by atoms with Gasteiger partial charge in [-0.15, -0.1) is 0 Å². The van der Waals surface area contributed by atoms with E-state index in [-0.39, 0.29) is 0 Å². The van der Waals surface area contributed by atoms with Crippen molar-refractivity contribution in [3.05, 3.63) is 146 Å². The summed E-state index contributed by atoms with van der Waals surface area (Å²) in [5, 5.41) is 12.2. The highest BCUT2D eigenvalue weighted by Gasteiger charge is 2.27. The molecule has 0 amide bonds. The van der Waals surface area contributed by atoms with Crippen LogP contribution in [0.4, 0.5) is 0 Å². The Morgan fingerprint density at radius 3 is 2.00 bits per heavy atom. The maximum absolute atomic E-state index is 5.31. The zero-order valence-corrected chi connectivity index (χ0v) is 26.5. The van der Waals surface area contributed by atoms with E-state index in [0.717, 1.165) is 33.1 Å². The summed E-state index contributed by atoms with van der Waals surface area (Å²) in [6.07, 6.45) is 3.41. The number of hydrogen-bond acceptors (Lipinski definition) is 4. The second kappa shape index (κ2) is 9.36. The zero-order chi connectivity index (χ0) is 32.5. The number of fused-ring (bicyclic) bond motifs is 15. The molecule has 0 N–H and O–H groups in total. The summed E-state index contributed by atoms with van der Waals surface area (Å²) in [6.45, 7) is 0. The molecule has 0 bridgehead atoms. The van der Waals surface area contributed by atoms with Crippen LogP contribution in [-0.4, -0.2) is 28.9 Å². The molecule has 0 saturated carbocycles. The fourth-order valence-corrected chi connectivity index (χ4v) is 8.53. The highest BCUT2D eigenvalue weighted by atomic mass is 15.2. The number of hydrogen-bond donors (Lipinski definition) is 0. The van der Waals surface area contributed by atoms with Crippen molar-refractivity contribution in [2.24, 2.45) is 0 Å². The second-order valence-corrected chi connectivity index (χ2v) is 13.1. The summed E-state index contributed by atoms with van der Waals surface area (Å²) >= 11 is 0. The van der Waals surface area contributed by atoms with Crippen molar-refractivity contribution in [3.63, 3.8) is 0 Å². The molecule has 0 radical (unpaired) electrons. The molecular formula is C44H24N6.